The molecule has 1 aliphatic rings. The number of alkyl halides is 1. The van der Waals surface area contributed by atoms with Crippen molar-refractivity contribution >= 4 is 11.6 Å². The van der Waals surface area contributed by atoms with Gasteiger partial charge in [-0.2, -0.15) is 0 Å². The van der Waals surface area contributed by atoms with Gasteiger partial charge in [-0.05, 0) is 45.6 Å². The molecule has 3 heteroatoms. The number of hydrogen-bond donors (Lipinski definition) is 1. The third-order valence-electron chi connectivity index (χ3n) is 3.79. The Hall–Kier alpha value is 0.210. The van der Waals surface area contributed by atoms with Crippen molar-refractivity contribution in [1.29, 1.82) is 0 Å². The molecule has 0 radical (unpaired) electrons. The number of rotatable bonds is 6. The van der Waals surface area contributed by atoms with E-state index in [1.54, 1.807) is 7.11 Å². The maximum Gasteiger partial charge on any atom is 0.0634 e. The van der Waals surface area contributed by atoms with Crippen LogP contribution in [0, 0.1) is 5.92 Å². The van der Waals surface area contributed by atoms with Crippen molar-refractivity contribution in [2.24, 2.45) is 5.92 Å². The molecule has 0 bridgehead atoms. The molecule has 1 N–H and O–H groups in total. The molecule has 96 valence electrons. The predicted octanol–water partition coefficient (Wildman–Crippen LogP) is 3.19. The first-order chi connectivity index (χ1) is 7.59. The molecule has 0 amide bonds. The van der Waals surface area contributed by atoms with Crippen LogP contribution in [0.15, 0.2) is 0 Å². The zero-order valence-electron chi connectivity index (χ0n) is 10.9. The highest BCUT2D eigenvalue weighted by Crippen LogP contribution is 2.25. The monoisotopic (exact) mass is 247 g/mol. The first-order valence-electron chi connectivity index (χ1n) is 6.43. The molecule has 0 heterocycles. The van der Waals surface area contributed by atoms with Crippen molar-refractivity contribution in [3.63, 3.8) is 0 Å². The highest BCUT2D eigenvalue weighted by atomic mass is 35.5. The summed E-state index contributed by atoms with van der Waals surface area (Å²) in [6.45, 7) is 5.29. The van der Waals surface area contributed by atoms with Crippen LogP contribution in [0.2, 0.25) is 0 Å². The zero-order valence-corrected chi connectivity index (χ0v) is 11.6. The lowest BCUT2D eigenvalue weighted by molar-refractivity contribution is 0.0147. The number of nitrogens with one attached hydrogen (secondary N) is 1. The van der Waals surface area contributed by atoms with Gasteiger partial charge >= 0.3 is 0 Å². The fourth-order valence-corrected chi connectivity index (χ4v) is 2.69. The maximum atomic E-state index is 6.01. The first-order valence-corrected chi connectivity index (χ1v) is 6.97. The van der Waals surface area contributed by atoms with Gasteiger partial charge in [0.1, 0.15) is 0 Å². The summed E-state index contributed by atoms with van der Waals surface area (Å²) < 4.78 is 5.41. The molecule has 2 atom stereocenters. The highest BCUT2D eigenvalue weighted by molar-refractivity contribution is 6.18. The van der Waals surface area contributed by atoms with Gasteiger partial charge in [0.25, 0.3) is 0 Å². The largest absolute Gasteiger partial charge is 0.379 e. The molecule has 1 rings (SSSR count). The van der Waals surface area contributed by atoms with Gasteiger partial charge in [-0.25, -0.2) is 0 Å². The Balaban J connectivity index is 2.25. The van der Waals surface area contributed by atoms with Crippen molar-refractivity contribution in [1.82, 2.24) is 5.32 Å². The summed E-state index contributed by atoms with van der Waals surface area (Å²) in [5, 5.41) is 3.65. The fraction of sp³-hybridized carbons (Fsp3) is 1.00. The van der Waals surface area contributed by atoms with Gasteiger partial charge < -0.3 is 10.1 Å². The quantitative estimate of drug-likeness (QED) is 0.728. The minimum Gasteiger partial charge on any atom is -0.379 e. The summed E-state index contributed by atoms with van der Waals surface area (Å²) in [7, 11) is 1.78. The van der Waals surface area contributed by atoms with E-state index in [0.29, 0.717) is 12.0 Å². The molecule has 1 fully saturated rings. The summed E-state index contributed by atoms with van der Waals surface area (Å²) in [5.74, 6) is 1.46. The molecule has 1 aliphatic carbocycles. The maximum absolute atomic E-state index is 6.01. The highest BCUT2D eigenvalue weighted by Gasteiger charge is 2.24. The molecule has 2 nitrogen and oxygen atoms in total. The van der Waals surface area contributed by atoms with Crippen molar-refractivity contribution in [2.45, 2.75) is 57.6 Å². The lowest BCUT2D eigenvalue weighted by Gasteiger charge is -2.32. The number of halogens is 1. The molecule has 0 aromatic rings. The Morgan fingerprint density at radius 1 is 1.31 bits per heavy atom. The first kappa shape index (κ1) is 14.3. The van der Waals surface area contributed by atoms with E-state index in [-0.39, 0.29) is 5.60 Å². The van der Waals surface area contributed by atoms with Crippen LogP contribution in [0.25, 0.3) is 0 Å². The lowest BCUT2D eigenvalue weighted by Crippen LogP contribution is -2.41. The Morgan fingerprint density at radius 2 is 2.00 bits per heavy atom. The molecule has 0 aliphatic heterocycles. The predicted molar refractivity (Wildman–Crippen MR) is 70.2 cm³/mol. The summed E-state index contributed by atoms with van der Waals surface area (Å²) in [4.78, 5) is 0. The van der Waals surface area contributed by atoms with Crippen LogP contribution in [0.4, 0.5) is 0 Å². The van der Waals surface area contributed by atoms with Crippen molar-refractivity contribution in [3.8, 4) is 0 Å². The van der Waals surface area contributed by atoms with E-state index in [1.165, 1.54) is 25.7 Å². The second-order valence-corrected chi connectivity index (χ2v) is 5.78. The van der Waals surface area contributed by atoms with E-state index in [0.717, 1.165) is 18.8 Å². The van der Waals surface area contributed by atoms with E-state index < -0.39 is 0 Å². The molecule has 0 spiro atoms. The van der Waals surface area contributed by atoms with Gasteiger partial charge in [0.2, 0.25) is 0 Å². The zero-order chi connectivity index (χ0) is 12.0. The van der Waals surface area contributed by atoms with Crippen molar-refractivity contribution in [3.05, 3.63) is 0 Å². The van der Waals surface area contributed by atoms with E-state index >= 15 is 0 Å². The van der Waals surface area contributed by atoms with E-state index in [4.69, 9.17) is 16.3 Å². The van der Waals surface area contributed by atoms with Gasteiger partial charge in [0.05, 0.1) is 5.60 Å². The summed E-state index contributed by atoms with van der Waals surface area (Å²) in [6, 6.07) is 0.624. The van der Waals surface area contributed by atoms with Gasteiger partial charge in [0, 0.05) is 19.0 Å². The third kappa shape index (κ3) is 4.60. The van der Waals surface area contributed by atoms with Crippen LogP contribution in [-0.4, -0.2) is 31.2 Å². The van der Waals surface area contributed by atoms with Crippen molar-refractivity contribution in [2.75, 3.05) is 19.5 Å². The molecule has 16 heavy (non-hydrogen) atoms. The smallest absolute Gasteiger partial charge is 0.0634 e. The molecule has 0 aromatic carbocycles. The van der Waals surface area contributed by atoms with E-state index in [9.17, 15) is 0 Å². The van der Waals surface area contributed by atoms with Crippen LogP contribution in [0.5, 0.6) is 0 Å². The topological polar surface area (TPSA) is 21.3 Å². The standard InChI is InChI=1S/C13H26ClNO/c1-13(2,16-3)8-9-15-12-7-5-4-6-11(12)10-14/h11-12,15H,4-10H2,1-3H3. The van der Waals surface area contributed by atoms with Crippen molar-refractivity contribution < 1.29 is 4.74 Å². The van der Waals surface area contributed by atoms with E-state index in [1.807, 2.05) is 0 Å². The summed E-state index contributed by atoms with van der Waals surface area (Å²) in [5.41, 5.74) is -0.0157. The molecule has 0 aromatic heterocycles. The Bertz CT molecular complexity index is 196. The fourth-order valence-electron chi connectivity index (χ4n) is 2.32. The van der Waals surface area contributed by atoms with Gasteiger partial charge in [-0.3, -0.25) is 0 Å². The van der Waals surface area contributed by atoms with Crippen LogP contribution in [0.3, 0.4) is 0 Å². The van der Waals surface area contributed by atoms with Crippen LogP contribution >= 0.6 is 11.6 Å². The molecule has 1 saturated carbocycles. The Labute approximate surface area is 105 Å². The van der Waals surface area contributed by atoms with Gasteiger partial charge in [-0.1, -0.05) is 12.8 Å². The van der Waals surface area contributed by atoms with Gasteiger partial charge in [-0.15, -0.1) is 11.6 Å². The molecular weight excluding hydrogens is 222 g/mol. The average Bonchev–Trinajstić information content (AvgIpc) is 2.29. The van der Waals surface area contributed by atoms with Crippen LogP contribution in [-0.2, 0) is 4.74 Å². The Kier molecular flexibility index (Phi) is 6.09. The number of hydrogen-bond acceptors (Lipinski definition) is 2. The lowest BCUT2D eigenvalue weighted by atomic mass is 9.85. The average molecular weight is 248 g/mol. The molecule has 0 saturated heterocycles. The Morgan fingerprint density at radius 3 is 2.62 bits per heavy atom. The summed E-state index contributed by atoms with van der Waals surface area (Å²) in [6.07, 6.45) is 6.31. The molecular formula is C13H26ClNO. The SMILES string of the molecule is COC(C)(C)CCNC1CCCCC1CCl. The second-order valence-electron chi connectivity index (χ2n) is 5.47. The minimum absolute atomic E-state index is 0.0157. The van der Waals surface area contributed by atoms with Crippen LogP contribution in [0.1, 0.15) is 46.0 Å². The van der Waals surface area contributed by atoms with Gasteiger partial charge in [0.15, 0.2) is 0 Å². The molecule has 2 unspecified atom stereocenters. The number of methoxy groups -OCH3 is 1. The van der Waals surface area contributed by atoms with E-state index in [2.05, 4.69) is 19.2 Å². The summed E-state index contributed by atoms with van der Waals surface area (Å²) >= 11 is 6.01. The second kappa shape index (κ2) is 6.83. The van der Waals surface area contributed by atoms with Crippen LogP contribution < -0.4 is 5.32 Å². The normalized spacial score (nSPS) is 27.0. The third-order valence-corrected chi connectivity index (χ3v) is 4.19. The minimum atomic E-state index is -0.0157. The number of ether oxygens (including phenoxy) is 1.